The van der Waals surface area contributed by atoms with E-state index in [0.29, 0.717) is 29.6 Å². The molecular formula is C27H44O8. The zero-order valence-corrected chi connectivity index (χ0v) is 21.3. The molecule has 0 bridgehead atoms. The Bertz CT molecular complexity index is 804. The summed E-state index contributed by atoms with van der Waals surface area (Å²) in [5.41, 5.74) is 0.484. The number of aliphatic hydroxyl groups excluding tert-OH is 4. The number of carbonyl (C=O) groups is 1. The minimum absolute atomic E-state index is 0.180. The topological polar surface area (TPSA) is 137 Å². The summed E-state index contributed by atoms with van der Waals surface area (Å²) in [5, 5.41) is 50.2. The summed E-state index contributed by atoms with van der Waals surface area (Å²) in [5.74, 6) is 1.60. The molecule has 1 aliphatic heterocycles. The molecule has 4 aliphatic carbocycles. The third-order valence-corrected chi connectivity index (χ3v) is 11.4. The number of rotatable bonds is 4. The number of hydrogen-bond acceptors (Lipinski definition) is 7. The van der Waals surface area contributed by atoms with Crippen LogP contribution in [0.2, 0.25) is 0 Å². The van der Waals surface area contributed by atoms with Crippen LogP contribution >= 0.6 is 0 Å². The van der Waals surface area contributed by atoms with Crippen LogP contribution in [0, 0.1) is 40.4 Å². The first kappa shape index (κ1) is 25.9. The summed E-state index contributed by atoms with van der Waals surface area (Å²) in [6, 6.07) is 0. The molecule has 1 heterocycles. The lowest BCUT2D eigenvalue weighted by atomic mass is 9.44. The lowest BCUT2D eigenvalue weighted by Gasteiger charge is -2.61. The van der Waals surface area contributed by atoms with Crippen LogP contribution in [0.1, 0.15) is 78.6 Å². The van der Waals surface area contributed by atoms with Crippen LogP contribution in [0.4, 0.5) is 0 Å². The highest BCUT2D eigenvalue weighted by Gasteiger charge is 2.61. The molecule has 0 aromatic carbocycles. The van der Waals surface area contributed by atoms with Crippen LogP contribution in [0.5, 0.6) is 0 Å². The van der Waals surface area contributed by atoms with Crippen LogP contribution < -0.4 is 0 Å². The van der Waals surface area contributed by atoms with Gasteiger partial charge in [-0.2, -0.15) is 0 Å². The van der Waals surface area contributed by atoms with Crippen LogP contribution in [-0.2, 0) is 14.3 Å². The normalized spacial score (nSPS) is 54.9. The summed E-state index contributed by atoms with van der Waals surface area (Å²) in [7, 11) is 0. The second-order valence-electron chi connectivity index (χ2n) is 12.9. The van der Waals surface area contributed by atoms with Crippen LogP contribution in [0.3, 0.4) is 0 Å². The van der Waals surface area contributed by atoms with Gasteiger partial charge in [-0.05, 0) is 105 Å². The van der Waals surface area contributed by atoms with Gasteiger partial charge in [0.05, 0.1) is 12.2 Å². The van der Waals surface area contributed by atoms with Gasteiger partial charge in [-0.15, -0.1) is 0 Å². The van der Waals surface area contributed by atoms with Crippen LogP contribution in [-0.4, -0.2) is 74.4 Å². The summed E-state index contributed by atoms with van der Waals surface area (Å²) < 4.78 is 11.4. The molecule has 200 valence electrons. The van der Waals surface area contributed by atoms with Gasteiger partial charge in [0.15, 0.2) is 12.4 Å². The molecule has 5 rings (SSSR count). The maximum absolute atomic E-state index is 11.4. The maximum Gasteiger partial charge on any atom is 0.335 e. The summed E-state index contributed by atoms with van der Waals surface area (Å²) >= 11 is 0. The number of carboxylic acid groups (broad SMARTS) is 1. The van der Waals surface area contributed by atoms with Crippen molar-refractivity contribution in [3.63, 3.8) is 0 Å². The Hall–Kier alpha value is -0.770. The average Bonchev–Trinajstić information content (AvgIpc) is 3.17. The SMILES string of the molecule is CC(O)C1CCC2C3CCC4C[C@H](O[C@@H]5O[C@H](C(=O)O)[C@@H](O)[C@H](O)[C@H]5O)CCC4(C)C3CCC12C. The van der Waals surface area contributed by atoms with Crippen molar-refractivity contribution >= 4 is 5.97 Å². The smallest absolute Gasteiger partial charge is 0.335 e. The highest BCUT2D eigenvalue weighted by molar-refractivity contribution is 5.73. The molecule has 8 heteroatoms. The predicted molar refractivity (Wildman–Crippen MR) is 126 cm³/mol. The summed E-state index contributed by atoms with van der Waals surface area (Å²) in [6.07, 6.45) is 1.63. The highest BCUT2D eigenvalue weighted by atomic mass is 16.7. The number of carboxylic acids is 1. The first-order valence-corrected chi connectivity index (χ1v) is 13.7. The molecule has 35 heavy (non-hydrogen) atoms. The summed E-state index contributed by atoms with van der Waals surface area (Å²) in [4.78, 5) is 11.4. The fourth-order valence-electron chi connectivity index (χ4n) is 9.53. The van der Waals surface area contributed by atoms with Gasteiger partial charge < -0.3 is 35.0 Å². The van der Waals surface area contributed by atoms with E-state index < -0.39 is 36.7 Å². The van der Waals surface area contributed by atoms with Gasteiger partial charge in [0.25, 0.3) is 0 Å². The lowest BCUT2D eigenvalue weighted by Crippen LogP contribution is -2.61. The molecule has 0 amide bonds. The van der Waals surface area contributed by atoms with Crippen molar-refractivity contribution in [1.29, 1.82) is 0 Å². The fourth-order valence-corrected chi connectivity index (χ4v) is 9.53. The molecular weight excluding hydrogens is 452 g/mol. The number of hydrogen-bond donors (Lipinski definition) is 5. The largest absolute Gasteiger partial charge is 0.479 e. The monoisotopic (exact) mass is 496 g/mol. The highest BCUT2D eigenvalue weighted by Crippen LogP contribution is 2.67. The first-order chi connectivity index (χ1) is 16.5. The van der Waals surface area contributed by atoms with Gasteiger partial charge in [-0.1, -0.05) is 13.8 Å². The number of aliphatic hydroxyl groups is 4. The van der Waals surface area contributed by atoms with E-state index in [1.807, 2.05) is 6.92 Å². The molecule has 0 aromatic rings. The molecule has 8 nitrogen and oxygen atoms in total. The molecule has 1 saturated heterocycles. The van der Waals surface area contributed by atoms with E-state index in [1.165, 1.54) is 25.7 Å². The molecule has 5 aliphatic rings. The second kappa shape index (κ2) is 9.21. The minimum atomic E-state index is -1.70. The zero-order chi connectivity index (χ0) is 25.3. The van der Waals surface area contributed by atoms with E-state index in [2.05, 4.69) is 13.8 Å². The van der Waals surface area contributed by atoms with Gasteiger partial charge in [-0.25, -0.2) is 4.79 Å². The van der Waals surface area contributed by atoms with Crippen LogP contribution in [0.15, 0.2) is 0 Å². The molecule has 0 radical (unpaired) electrons. The Kier molecular flexibility index (Phi) is 6.80. The van der Waals surface area contributed by atoms with E-state index in [9.17, 15) is 30.3 Å². The Morgan fingerprint density at radius 3 is 2.29 bits per heavy atom. The van der Waals surface area contributed by atoms with Crippen molar-refractivity contribution in [3.05, 3.63) is 0 Å². The Morgan fingerprint density at radius 2 is 1.60 bits per heavy atom. The number of aliphatic carboxylic acids is 1. The third-order valence-electron chi connectivity index (χ3n) is 11.4. The minimum Gasteiger partial charge on any atom is -0.479 e. The van der Waals surface area contributed by atoms with E-state index >= 15 is 0 Å². The molecule has 0 spiro atoms. The Balaban J connectivity index is 1.26. The maximum atomic E-state index is 11.4. The third kappa shape index (κ3) is 4.07. The van der Waals surface area contributed by atoms with Gasteiger partial charge in [0.2, 0.25) is 0 Å². The van der Waals surface area contributed by atoms with Crippen molar-refractivity contribution in [2.75, 3.05) is 0 Å². The quantitative estimate of drug-likeness (QED) is 0.374. The summed E-state index contributed by atoms with van der Waals surface area (Å²) in [6.45, 7) is 6.86. The predicted octanol–water partition coefficient (Wildman–Crippen LogP) is 2.30. The molecule has 4 saturated carbocycles. The van der Waals surface area contributed by atoms with Crippen LogP contribution in [0.25, 0.3) is 0 Å². The lowest BCUT2D eigenvalue weighted by molar-refractivity contribution is -0.309. The van der Waals surface area contributed by atoms with E-state index in [4.69, 9.17) is 9.47 Å². The Labute approximate surface area is 208 Å². The molecule has 5 fully saturated rings. The van der Waals surface area contributed by atoms with Crippen molar-refractivity contribution < 1.29 is 39.8 Å². The number of ether oxygens (including phenoxy) is 2. The van der Waals surface area contributed by atoms with Crippen molar-refractivity contribution in [2.45, 2.75) is 121 Å². The van der Waals surface area contributed by atoms with Gasteiger partial charge >= 0.3 is 5.97 Å². The molecule has 14 atom stereocenters. The fraction of sp³-hybridized carbons (Fsp3) is 0.963. The standard InChI is InChI=1S/C27H44O8/c1-13(28)17-6-7-18-16-5-4-14-12-15(8-10-26(14,2)19(16)9-11-27(17,18)3)34-25-22(31)20(29)21(30)23(35-25)24(32)33/h13-23,25,28-31H,4-12H2,1-3H3,(H,32,33)/t13?,14?,15-,16?,17?,18?,19?,20+,21+,22-,23+,25-,26?,27?/m1/s1. The van der Waals surface area contributed by atoms with Crippen molar-refractivity contribution in [2.24, 2.45) is 40.4 Å². The average molecular weight is 497 g/mol. The van der Waals surface area contributed by atoms with Crippen molar-refractivity contribution in [3.8, 4) is 0 Å². The van der Waals surface area contributed by atoms with E-state index in [-0.39, 0.29) is 23.0 Å². The second-order valence-corrected chi connectivity index (χ2v) is 12.9. The van der Waals surface area contributed by atoms with Crippen molar-refractivity contribution in [1.82, 2.24) is 0 Å². The molecule has 0 aromatic heterocycles. The zero-order valence-electron chi connectivity index (χ0n) is 21.3. The number of fused-ring (bicyclic) bond motifs is 5. The molecule has 5 N–H and O–H groups in total. The van der Waals surface area contributed by atoms with E-state index in [1.54, 1.807) is 0 Å². The first-order valence-electron chi connectivity index (χ1n) is 13.7. The Morgan fingerprint density at radius 1 is 0.914 bits per heavy atom. The van der Waals surface area contributed by atoms with Gasteiger partial charge in [0, 0.05) is 0 Å². The van der Waals surface area contributed by atoms with Gasteiger partial charge in [0.1, 0.15) is 18.3 Å². The molecule has 8 unspecified atom stereocenters. The van der Waals surface area contributed by atoms with E-state index in [0.717, 1.165) is 32.1 Å². The van der Waals surface area contributed by atoms with Gasteiger partial charge in [-0.3, -0.25) is 0 Å².